The lowest BCUT2D eigenvalue weighted by molar-refractivity contribution is 1.26. The molecular weight excluding hydrogens is 242 g/mol. The molecule has 0 saturated heterocycles. The molecule has 0 atom stereocenters. The first-order valence-corrected chi connectivity index (χ1v) is 6.24. The lowest BCUT2D eigenvalue weighted by Gasteiger charge is -2.08. The normalized spacial score (nSPS) is 11.1. The maximum atomic E-state index is 8.56. The summed E-state index contributed by atoms with van der Waals surface area (Å²) in [5.41, 5.74) is 2.78. The van der Waals surface area contributed by atoms with E-state index < -0.39 is 0 Å². The molecule has 5 heteroatoms. The number of hydrogen-bond acceptors (Lipinski definition) is 3. The van der Waals surface area contributed by atoms with Crippen molar-refractivity contribution in [1.29, 1.82) is 5.26 Å². The predicted octanol–water partition coefficient (Wildman–Crippen LogP) is 3.38. The van der Waals surface area contributed by atoms with Crippen molar-refractivity contribution in [3.8, 4) is 6.19 Å². The van der Waals surface area contributed by atoms with Gasteiger partial charge in [-0.15, -0.1) is 0 Å². The Hall–Kier alpha value is -1.18. The molecule has 1 aromatic rings. The Balaban J connectivity index is 3.23. The first-order valence-electron chi connectivity index (χ1n) is 4.63. The van der Waals surface area contributed by atoms with E-state index in [0.717, 1.165) is 16.8 Å². The van der Waals surface area contributed by atoms with Crippen molar-refractivity contribution in [1.82, 2.24) is 5.32 Å². The summed E-state index contributed by atoms with van der Waals surface area (Å²) in [6, 6.07) is 3.76. The lowest BCUT2D eigenvalue weighted by Crippen LogP contribution is -2.12. The number of thioether (sulfide) groups is 1. The second-order valence-corrected chi connectivity index (χ2v) is 4.40. The Kier molecular flexibility index (Phi) is 4.66. The van der Waals surface area contributed by atoms with Gasteiger partial charge in [-0.2, -0.15) is 5.26 Å². The highest BCUT2D eigenvalue weighted by molar-refractivity contribution is 8.13. The van der Waals surface area contributed by atoms with Gasteiger partial charge in [-0.05, 0) is 37.3 Å². The third kappa shape index (κ3) is 2.91. The van der Waals surface area contributed by atoms with Crippen LogP contribution in [0.3, 0.4) is 0 Å². The number of hydrogen-bond donors (Lipinski definition) is 1. The Morgan fingerprint density at radius 1 is 1.50 bits per heavy atom. The highest BCUT2D eigenvalue weighted by atomic mass is 35.5. The van der Waals surface area contributed by atoms with E-state index in [1.54, 1.807) is 0 Å². The Labute approximate surface area is 105 Å². The van der Waals surface area contributed by atoms with Crippen LogP contribution in [0.1, 0.15) is 11.1 Å². The molecule has 0 aliphatic heterocycles. The Bertz CT molecular complexity index is 463. The summed E-state index contributed by atoms with van der Waals surface area (Å²) >= 11 is 7.41. The molecule has 0 bridgehead atoms. The summed E-state index contributed by atoms with van der Waals surface area (Å²) in [6.07, 6.45) is 3.72. The Morgan fingerprint density at radius 2 is 2.19 bits per heavy atom. The van der Waals surface area contributed by atoms with Crippen LogP contribution < -0.4 is 5.32 Å². The molecule has 0 aliphatic rings. The third-order valence-corrected chi connectivity index (χ3v) is 3.13. The number of benzene rings is 1. The zero-order valence-electron chi connectivity index (χ0n) is 9.34. The summed E-state index contributed by atoms with van der Waals surface area (Å²) in [5.74, 6) is 0. The monoisotopic (exact) mass is 253 g/mol. The van der Waals surface area contributed by atoms with Crippen LogP contribution in [0, 0.1) is 25.3 Å². The summed E-state index contributed by atoms with van der Waals surface area (Å²) in [7, 11) is 0. The molecule has 1 rings (SSSR count). The molecule has 0 amide bonds. The van der Waals surface area contributed by atoms with Crippen LogP contribution in [-0.4, -0.2) is 11.4 Å². The van der Waals surface area contributed by atoms with Crippen LogP contribution in [0.4, 0.5) is 5.69 Å². The SMILES string of the molecule is CSC(=Nc1c(C)ccc(Cl)c1C)NC#N. The molecule has 3 nitrogen and oxygen atoms in total. The minimum absolute atomic E-state index is 0.566. The molecule has 0 aromatic heterocycles. The zero-order chi connectivity index (χ0) is 12.1. The molecule has 0 heterocycles. The molecular formula is C11H12ClN3S. The predicted molar refractivity (Wildman–Crippen MR) is 70.3 cm³/mol. The van der Waals surface area contributed by atoms with Gasteiger partial charge >= 0.3 is 0 Å². The molecule has 0 saturated carbocycles. The summed E-state index contributed by atoms with van der Waals surface area (Å²) in [5, 5.41) is 12.3. The number of halogens is 1. The standard InChI is InChI=1S/C11H12ClN3S/c1-7-4-5-9(12)8(2)10(7)15-11(16-3)14-6-13/h4-5H,1-3H3,(H,14,15). The third-order valence-electron chi connectivity index (χ3n) is 2.14. The lowest BCUT2D eigenvalue weighted by atomic mass is 10.1. The topological polar surface area (TPSA) is 48.2 Å². The maximum absolute atomic E-state index is 8.56. The number of aryl methyl sites for hydroxylation is 1. The smallest absolute Gasteiger partial charge is 0.183 e. The zero-order valence-corrected chi connectivity index (χ0v) is 10.9. The molecule has 84 valence electrons. The van der Waals surface area contributed by atoms with E-state index in [2.05, 4.69) is 10.3 Å². The van der Waals surface area contributed by atoms with Crippen LogP contribution >= 0.6 is 23.4 Å². The average Bonchev–Trinajstić information content (AvgIpc) is 2.28. The van der Waals surface area contributed by atoms with Crippen LogP contribution in [0.25, 0.3) is 0 Å². The van der Waals surface area contributed by atoms with Gasteiger partial charge in [0.2, 0.25) is 0 Å². The van der Waals surface area contributed by atoms with Crippen LogP contribution in [0.5, 0.6) is 0 Å². The molecule has 0 fully saturated rings. The van der Waals surface area contributed by atoms with Gasteiger partial charge in [-0.3, -0.25) is 5.32 Å². The van der Waals surface area contributed by atoms with Crippen LogP contribution in [-0.2, 0) is 0 Å². The van der Waals surface area contributed by atoms with Gasteiger partial charge in [-0.1, -0.05) is 29.4 Å². The van der Waals surface area contributed by atoms with Crippen molar-refractivity contribution >= 4 is 34.2 Å². The number of aliphatic imine (C=N–C) groups is 1. The molecule has 0 unspecified atom stereocenters. The van der Waals surface area contributed by atoms with Gasteiger partial charge in [0, 0.05) is 5.02 Å². The fraction of sp³-hybridized carbons (Fsp3) is 0.273. The quantitative estimate of drug-likeness (QED) is 0.361. The molecule has 16 heavy (non-hydrogen) atoms. The first kappa shape index (κ1) is 12.9. The van der Waals surface area contributed by atoms with Crippen LogP contribution in [0.15, 0.2) is 17.1 Å². The fourth-order valence-electron chi connectivity index (χ4n) is 1.26. The largest absolute Gasteiger partial charge is 0.271 e. The molecule has 0 spiro atoms. The number of nitrogens with one attached hydrogen (secondary N) is 1. The van der Waals surface area contributed by atoms with E-state index >= 15 is 0 Å². The van der Waals surface area contributed by atoms with Crippen molar-refractivity contribution in [2.24, 2.45) is 4.99 Å². The Morgan fingerprint density at radius 3 is 2.75 bits per heavy atom. The van der Waals surface area contributed by atoms with E-state index in [1.165, 1.54) is 11.8 Å². The van der Waals surface area contributed by atoms with Crippen molar-refractivity contribution in [3.63, 3.8) is 0 Å². The maximum Gasteiger partial charge on any atom is 0.183 e. The summed E-state index contributed by atoms with van der Waals surface area (Å²) in [4.78, 5) is 4.39. The molecule has 0 aliphatic carbocycles. The number of amidine groups is 1. The minimum atomic E-state index is 0.566. The number of nitrogens with zero attached hydrogens (tertiary/aromatic N) is 2. The van der Waals surface area contributed by atoms with Crippen molar-refractivity contribution in [3.05, 3.63) is 28.3 Å². The number of rotatable bonds is 1. The van der Waals surface area contributed by atoms with Crippen molar-refractivity contribution in [2.45, 2.75) is 13.8 Å². The van der Waals surface area contributed by atoms with Gasteiger partial charge in [0.15, 0.2) is 11.4 Å². The van der Waals surface area contributed by atoms with Gasteiger partial charge in [-0.25, -0.2) is 4.99 Å². The van der Waals surface area contributed by atoms with E-state index in [1.807, 2.05) is 38.4 Å². The second-order valence-electron chi connectivity index (χ2n) is 3.20. The molecule has 1 aromatic carbocycles. The van der Waals surface area contributed by atoms with E-state index in [4.69, 9.17) is 16.9 Å². The van der Waals surface area contributed by atoms with Gasteiger partial charge in [0.1, 0.15) is 0 Å². The van der Waals surface area contributed by atoms with Crippen molar-refractivity contribution in [2.75, 3.05) is 6.26 Å². The summed E-state index contributed by atoms with van der Waals surface area (Å²) in [6.45, 7) is 3.88. The molecule has 1 N–H and O–H groups in total. The highest BCUT2D eigenvalue weighted by Crippen LogP contribution is 2.30. The van der Waals surface area contributed by atoms with Gasteiger partial charge < -0.3 is 0 Å². The second kappa shape index (κ2) is 5.78. The average molecular weight is 254 g/mol. The summed E-state index contributed by atoms with van der Waals surface area (Å²) < 4.78 is 0. The number of nitriles is 1. The van der Waals surface area contributed by atoms with Gasteiger partial charge in [0.25, 0.3) is 0 Å². The van der Waals surface area contributed by atoms with E-state index in [0.29, 0.717) is 10.2 Å². The highest BCUT2D eigenvalue weighted by Gasteiger charge is 2.06. The van der Waals surface area contributed by atoms with Crippen molar-refractivity contribution < 1.29 is 0 Å². The molecule has 0 radical (unpaired) electrons. The van der Waals surface area contributed by atoms with E-state index in [-0.39, 0.29) is 0 Å². The first-order chi connectivity index (χ1) is 7.60. The fourth-order valence-corrected chi connectivity index (χ4v) is 1.74. The van der Waals surface area contributed by atoms with E-state index in [9.17, 15) is 0 Å². The van der Waals surface area contributed by atoms with Gasteiger partial charge in [0.05, 0.1) is 5.69 Å². The minimum Gasteiger partial charge on any atom is -0.271 e. The van der Waals surface area contributed by atoms with Crippen LogP contribution in [0.2, 0.25) is 5.02 Å².